The molecule has 2 heterocycles. The third kappa shape index (κ3) is 2.75. The summed E-state index contributed by atoms with van der Waals surface area (Å²) in [5.41, 5.74) is 0.844. The number of carbonyl (C=O) groups is 1. The molecule has 1 amide bonds. The maximum atomic E-state index is 12.4. The predicted octanol–water partition coefficient (Wildman–Crippen LogP) is 1.90. The van der Waals surface area contributed by atoms with Crippen molar-refractivity contribution >= 4 is 17.2 Å². The van der Waals surface area contributed by atoms with Gasteiger partial charge in [0.15, 0.2) is 0 Å². The Morgan fingerprint density at radius 2 is 2.10 bits per heavy atom. The van der Waals surface area contributed by atoms with Crippen molar-refractivity contribution in [3.05, 3.63) is 21.4 Å². The molecule has 0 saturated carbocycles. The van der Waals surface area contributed by atoms with E-state index in [1.807, 2.05) is 6.07 Å². The van der Waals surface area contributed by atoms with Crippen LogP contribution in [0.2, 0.25) is 0 Å². The molecule has 1 aliphatic heterocycles. The van der Waals surface area contributed by atoms with E-state index < -0.39 is 5.54 Å². The molecule has 110 valence electrons. The molecule has 20 heavy (non-hydrogen) atoms. The number of aliphatic hydroxyl groups is 1. The van der Waals surface area contributed by atoms with Gasteiger partial charge in [-0.2, -0.15) is 0 Å². The molecule has 0 atom stereocenters. The van der Waals surface area contributed by atoms with Gasteiger partial charge >= 0.3 is 0 Å². The molecule has 1 aromatic rings. The average molecular weight is 295 g/mol. The third-order valence-electron chi connectivity index (χ3n) is 4.35. The standard InChI is InChI=1S/C15H21NO3S/c17-10-15(5-7-19-8-6-15)16-14(18)13-9-11-3-1-2-4-12(11)20-13/h9,17H,1-8,10H2,(H,16,18). The minimum atomic E-state index is -0.500. The largest absolute Gasteiger partial charge is 0.394 e. The Balaban J connectivity index is 1.73. The molecular weight excluding hydrogens is 274 g/mol. The Hall–Kier alpha value is -0.910. The van der Waals surface area contributed by atoms with Crippen LogP contribution in [-0.4, -0.2) is 36.4 Å². The lowest BCUT2D eigenvalue weighted by Gasteiger charge is -2.36. The van der Waals surface area contributed by atoms with Gasteiger partial charge in [0.2, 0.25) is 0 Å². The summed E-state index contributed by atoms with van der Waals surface area (Å²) in [4.78, 5) is 14.6. The lowest BCUT2D eigenvalue weighted by molar-refractivity contribution is 0.0126. The highest BCUT2D eigenvalue weighted by molar-refractivity contribution is 7.14. The predicted molar refractivity (Wildman–Crippen MR) is 78.3 cm³/mol. The van der Waals surface area contributed by atoms with Crippen molar-refractivity contribution in [1.29, 1.82) is 0 Å². The molecule has 0 spiro atoms. The summed E-state index contributed by atoms with van der Waals surface area (Å²) in [7, 11) is 0. The van der Waals surface area contributed by atoms with Gasteiger partial charge in [0.05, 0.1) is 17.0 Å². The highest BCUT2D eigenvalue weighted by Crippen LogP contribution is 2.30. The average Bonchev–Trinajstić information content (AvgIpc) is 2.92. The molecule has 2 aliphatic rings. The summed E-state index contributed by atoms with van der Waals surface area (Å²) in [5, 5.41) is 12.7. The van der Waals surface area contributed by atoms with Crippen molar-refractivity contribution in [3.63, 3.8) is 0 Å². The molecule has 3 rings (SSSR count). The van der Waals surface area contributed by atoms with E-state index in [-0.39, 0.29) is 12.5 Å². The molecule has 0 unspecified atom stereocenters. The SMILES string of the molecule is O=C(NC1(CO)CCOCC1)c1cc2c(s1)CCCC2. The summed E-state index contributed by atoms with van der Waals surface area (Å²) >= 11 is 1.62. The first-order chi connectivity index (χ1) is 9.72. The number of thiophene rings is 1. The van der Waals surface area contributed by atoms with E-state index in [0.717, 1.165) is 17.7 Å². The molecule has 1 aliphatic carbocycles. The second kappa shape index (κ2) is 5.84. The van der Waals surface area contributed by atoms with E-state index in [1.54, 1.807) is 11.3 Å². The fourth-order valence-corrected chi connectivity index (χ4v) is 4.14. The number of aliphatic hydroxyl groups excluding tert-OH is 1. The van der Waals surface area contributed by atoms with Gasteiger partial charge in [0.1, 0.15) is 0 Å². The monoisotopic (exact) mass is 295 g/mol. The molecule has 0 bridgehead atoms. The Kier molecular flexibility index (Phi) is 4.10. The highest BCUT2D eigenvalue weighted by atomic mass is 32.1. The van der Waals surface area contributed by atoms with E-state index in [0.29, 0.717) is 26.1 Å². The Bertz CT molecular complexity index is 468. The third-order valence-corrected chi connectivity index (χ3v) is 5.59. The summed E-state index contributed by atoms with van der Waals surface area (Å²) < 4.78 is 5.32. The zero-order valence-corrected chi connectivity index (χ0v) is 12.4. The Labute approximate surface area is 123 Å². The van der Waals surface area contributed by atoms with Crippen molar-refractivity contribution in [2.45, 2.75) is 44.1 Å². The minimum Gasteiger partial charge on any atom is -0.394 e. The van der Waals surface area contributed by atoms with Gasteiger partial charge in [0, 0.05) is 18.1 Å². The van der Waals surface area contributed by atoms with Gasteiger partial charge in [-0.3, -0.25) is 4.79 Å². The Morgan fingerprint density at radius 1 is 1.35 bits per heavy atom. The molecule has 0 aromatic carbocycles. The van der Waals surface area contributed by atoms with E-state index in [4.69, 9.17) is 4.74 Å². The van der Waals surface area contributed by atoms with Crippen LogP contribution in [0.3, 0.4) is 0 Å². The minimum absolute atomic E-state index is 0.0206. The molecular formula is C15H21NO3S. The van der Waals surface area contributed by atoms with Crippen LogP contribution in [0.1, 0.15) is 45.8 Å². The lowest BCUT2D eigenvalue weighted by Crippen LogP contribution is -2.54. The van der Waals surface area contributed by atoms with Crippen LogP contribution in [-0.2, 0) is 17.6 Å². The van der Waals surface area contributed by atoms with Gasteiger partial charge in [-0.25, -0.2) is 0 Å². The first kappa shape index (κ1) is 14.0. The molecule has 5 heteroatoms. The second-order valence-corrected chi connectivity index (χ2v) is 6.91. The number of nitrogens with one attached hydrogen (secondary N) is 1. The fraction of sp³-hybridized carbons (Fsp3) is 0.667. The number of aryl methyl sites for hydroxylation is 2. The normalized spacial score (nSPS) is 21.2. The van der Waals surface area contributed by atoms with Crippen molar-refractivity contribution in [1.82, 2.24) is 5.32 Å². The summed E-state index contributed by atoms with van der Waals surface area (Å²) in [6.45, 7) is 1.18. The quantitative estimate of drug-likeness (QED) is 0.895. The van der Waals surface area contributed by atoms with E-state index in [1.165, 1.54) is 23.3 Å². The van der Waals surface area contributed by atoms with Gasteiger partial charge in [-0.15, -0.1) is 11.3 Å². The number of ether oxygens (including phenoxy) is 1. The number of hydrogen-bond donors (Lipinski definition) is 2. The maximum Gasteiger partial charge on any atom is 0.261 e. The van der Waals surface area contributed by atoms with E-state index in [2.05, 4.69) is 5.32 Å². The van der Waals surface area contributed by atoms with Crippen LogP contribution in [0.15, 0.2) is 6.07 Å². The highest BCUT2D eigenvalue weighted by Gasteiger charge is 2.34. The van der Waals surface area contributed by atoms with Crippen LogP contribution in [0, 0.1) is 0 Å². The molecule has 1 saturated heterocycles. The zero-order chi connectivity index (χ0) is 14.0. The summed E-state index contributed by atoms with van der Waals surface area (Å²) in [6, 6.07) is 2.04. The molecule has 1 aromatic heterocycles. The Morgan fingerprint density at radius 3 is 2.80 bits per heavy atom. The maximum absolute atomic E-state index is 12.4. The lowest BCUT2D eigenvalue weighted by atomic mass is 9.91. The molecule has 4 nitrogen and oxygen atoms in total. The van der Waals surface area contributed by atoms with E-state index in [9.17, 15) is 9.90 Å². The first-order valence-corrected chi connectivity index (χ1v) is 8.17. The van der Waals surface area contributed by atoms with E-state index >= 15 is 0 Å². The van der Waals surface area contributed by atoms with Crippen LogP contribution in [0.25, 0.3) is 0 Å². The number of fused-ring (bicyclic) bond motifs is 1. The number of carbonyl (C=O) groups excluding carboxylic acids is 1. The smallest absolute Gasteiger partial charge is 0.261 e. The topological polar surface area (TPSA) is 58.6 Å². The number of rotatable bonds is 3. The van der Waals surface area contributed by atoms with Gasteiger partial charge in [-0.1, -0.05) is 0 Å². The fourth-order valence-electron chi connectivity index (χ4n) is 2.99. The second-order valence-electron chi connectivity index (χ2n) is 5.77. The van der Waals surface area contributed by atoms with Gasteiger partial charge in [-0.05, 0) is 50.2 Å². The van der Waals surface area contributed by atoms with Crippen molar-refractivity contribution in [2.24, 2.45) is 0 Å². The molecule has 1 fully saturated rings. The van der Waals surface area contributed by atoms with Gasteiger partial charge in [0.25, 0.3) is 5.91 Å². The van der Waals surface area contributed by atoms with Crippen molar-refractivity contribution < 1.29 is 14.6 Å². The van der Waals surface area contributed by atoms with Crippen molar-refractivity contribution in [3.8, 4) is 0 Å². The first-order valence-electron chi connectivity index (χ1n) is 7.35. The van der Waals surface area contributed by atoms with Crippen LogP contribution >= 0.6 is 11.3 Å². The molecule has 0 radical (unpaired) electrons. The van der Waals surface area contributed by atoms with Crippen LogP contribution in [0.4, 0.5) is 0 Å². The van der Waals surface area contributed by atoms with Crippen LogP contribution in [0.5, 0.6) is 0 Å². The van der Waals surface area contributed by atoms with Gasteiger partial charge < -0.3 is 15.2 Å². The number of amides is 1. The van der Waals surface area contributed by atoms with Crippen molar-refractivity contribution in [2.75, 3.05) is 19.8 Å². The zero-order valence-electron chi connectivity index (χ0n) is 11.6. The van der Waals surface area contributed by atoms with Crippen LogP contribution < -0.4 is 5.32 Å². The summed E-state index contributed by atoms with van der Waals surface area (Å²) in [5.74, 6) is -0.0413. The molecule has 2 N–H and O–H groups in total. The summed E-state index contributed by atoms with van der Waals surface area (Å²) in [6.07, 6.45) is 6.01. The number of hydrogen-bond acceptors (Lipinski definition) is 4.